The van der Waals surface area contributed by atoms with Gasteiger partial charge in [-0.05, 0) is 50.7 Å². The number of halogens is 2. The van der Waals surface area contributed by atoms with E-state index in [-0.39, 0.29) is 41.6 Å². The average Bonchev–Trinajstić information content (AvgIpc) is 2.96. The summed E-state index contributed by atoms with van der Waals surface area (Å²) in [5.41, 5.74) is -4.64. The van der Waals surface area contributed by atoms with Gasteiger partial charge >= 0.3 is 5.97 Å². The van der Waals surface area contributed by atoms with Crippen LogP contribution in [0, 0.1) is 28.6 Å². The summed E-state index contributed by atoms with van der Waals surface area (Å²) in [5, 5.41) is 11.4. The number of ketones is 2. The Labute approximate surface area is 197 Å². The van der Waals surface area contributed by atoms with Crippen molar-refractivity contribution in [3.05, 3.63) is 23.8 Å². The van der Waals surface area contributed by atoms with Crippen molar-refractivity contribution in [2.45, 2.75) is 77.2 Å². The van der Waals surface area contributed by atoms with E-state index in [1.807, 2.05) is 13.8 Å². The summed E-state index contributed by atoms with van der Waals surface area (Å²) in [5.74, 6) is -1.93. The number of aliphatic hydroxyl groups excluding tert-OH is 1. The number of carbonyl (C=O) groups is 3. The molecule has 0 aromatic rings. The van der Waals surface area contributed by atoms with Crippen LogP contribution in [0.15, 0.2) is 23.8 Å². The Morgan fingerprint density at radius 3 is 2.62 bits per heavy atom. The molecule has 32 heavy (non-hydrogen) atoms. The van der Waals surface area contributed by atoms with Crippen LogP contribution in [-0.4, -0.2) is 45.3 Å². The van der Waals surface area contributed by atoms with Crippen molar-refractivity contribution in [1.29, 1.82) is 0 Å². The fourth-order valence-electron chi connectivity index (χ4n) is 7.75. The molecule has 0 unspecified atom stereocenters. The van der Waals surface area contributed by atoms with Gasteiger partial charge in [-0.1, -0.05) is 48.4 Å². The lowest BCUT2D eigenvalue weighted by Gasteiger charge is -2.62. The van der Waals surface area contributed by atoms with Gasteiger partial charge in [0.15, 0.2) is 22.8 Å². The molecule has 0 amide bonds. The molecule has 3 saturated carbocycles. The van der Waals surface area contributed by atoms with Crippen molar-refractivity contribution in [3.8, 4) is 0 Å². The molecule has 7 heteroatoms. The number of alkyl halides is 2. The van der Waals surface area contributed by atoms with Gasteiger partial charge in [-0.3, -0.25) is 14.4 Å². The van der Waals surface area contributed by atoms with E-state index in [4.69, 9.17) is 4.74 Å². The summed E-state index contributed by atoms with van der Waals surface area (Å²) < 4.78 is 23.2. The zero-order valence-corrected chi connectivity index (χ0v) is 20.7. The van der Waals surface area contributed by atoms with Gasteiger partial charge in [0.2, 0.25) is 0 Å². The van der Waals surface area contributed by atoms with Crippen LogP contribution >= 0.6 is 15.9 Å². The Bertz CT molecular complexity index is 929. The van der Waals surface area contributed by atoms with Crippen molar-refractivity contribution in [3.63, 3.8) is 0 Å². The SMILES string of the molecule is CCC(=O)O[C@@]1(C(=O)CBr)[C@@H](C)C[C@H]2[C@@H]3CCC4=CC(=O)C=C[C@]4(C)[C@@]3(F)[C@@H](O)C[C@@]21C. The fraction of sp³-hybridized carbons (Fsp3) is 0.720. The van der Waals surface area contributed by atoms with Crippen LogP contribution in [0.25, 0.3) is 0 Å². The quantitative estimate of drug-likeness (QED) is 0.451. The first-order valence-electron chi connectivity index (χ1n) is 11.5. The minimum atomic E-state index is -1.97. The maximum atomic E-state index is 17.2. The van der Waals surface area contributed by atoms with Crippen molar-refractivity contribution >= 4 is 33.5 Å². The number of esters is 1. The van der Waals surface area contributed by atoms with Gasteiger partial charge in [-0.25, -0.2) is 4.39 Å². The number of ether oxygens (including phenoxy) is 1. The molecule has 0 spiro atoms. The summed E-state index contributed by atoms with van der Waals surface area (Å²) in [6.07, 6.45) is 4.87. The first-order valence-corrected chi connectivity index (χ1v) is 12.7. The number of carbonyl (C=O) groups excluding carboxylic acids is 3. The zero-order valence-electron chi connectivity index (χ0n) is 19.1. The second-order valence-electron chi connectivity index (χ2n) is 10.5. The summed E-state index contributed by atoms with van der Waals surface area (Å²) in [6.45, 7) is 7.24. The Balaban J connectivity index is 1.85. The van der Waals surface area contributed by atoms with Crippen LogP contribution in [0.1, 0.15) is 59.8 Å². The van der Waals surface area contributed by atoms with Gasteiger partial charge in [0.05, 0.1) is 11.4 Å². The Hall–Kier alpha value is -1.34. The van der Waals surface area contributed by atoms with Crippen molar-refractivity contribution < 1.29 is 28.6 Å². The third-order valence-corrected chi connectivity index (χ3v) is 9.79. The van der Waals surface area contributed by atoms with Gasteiger partial charge in [0.1, 0.15) is 0 Å². The highest BCUT2D eigenvalue weighted by Crippen LogP contribution is 2.71. The lowest BCUT2D eigenvalue weighted by Crippen LogP contribution is -2.70. The van der Waals surface area contributed by atoms with Crippen LogP contribution in [0.2, 0.25) is 0 Å². The molecule has 0 heterocycles. The highest BCUT2D eigenvalue weighted by Gasteiger charge is 2.77. The Morgan fingerprint density at radius 1 is 1.31 bits per heavy atom. The largest absolute Gasteiger partial charge is 0.450 e. The highest BCUT2D eigenvalue weighted by atomic mass is 79.9. The Kier molecular flexibility index (Phi) is 5.65. The van der Waals surface area contributed by atoms with Crippen molar-refractivity contribution in [2.24, 2.45) is 28.6 Å². The molecule has 5 nitrogen and oxygen atoms in total. The number of hydrogen-bond acceptors (Lipinski definition) is 5. The van der Waals surface area contributed by atoms with E-state index in [9.17, 15) is 19.5 Å². The maximum absolute atomic E-state index is 17.2. The second kappa shape index (κ2) is 7.59. The van der Waals surface area contributed by atoms with Crippen molar-refractivity contribution in [1.82, 2.24) is 0 Å². The van der Waals surface area contributed by atoms with E-state index in [0.29, 0.717) is 19.3 Å². The standard InChI is InChI=1S/C25H32BrFO5/c1-5-21(31)32-25(20(30)13-26)14(2)10-18-17-7-6-15-11-16(28)8-9-22(15,3)24(17,27)19(29)12-23(18,25)4/h8-9,11,14,17-19,29H,5-7,10,12-13H2,1-4H3/t14-,17-,18-,19-,22-,23-,24-,25+/m0/s1. The first-order chi connectivity index (χ1) is 14.9. The second-order valence-corrected chi connectivity index (χ2v) is 11.1. The van der Waals surface area contributed by atoms with Gasteiger partial charge in [-0.15, -0.1) is 0 Å². The van der Waals surface area contributed by atoms with Crippen molar-refractivity contribution in [2.75, 3.05) is 5.33 Å². The number of allylic oxidation sites excluding steroid dienone is 4. The van der Waals surface area contributed by atoms with Crippen LogP contribution < -0.4 is 0 Å². The van der Waals surface area contributed by atoms with Crippen LogP contribution in [0.3, 0.4) is 0 Å². The predicted octanol–water partition coefficient (Wildman–Crippen LogP) is 4.26. The lowest BCUT2D eigenvalue weighted by molar-refractivity contribution is -0.226. The third kappa shape index (κ3) is 2.73. The average molecular weight is 511 g/mol. The number of aliphatic hydroxyl groups is 1. The summed E-state index contributed by atoms with van der Waals surface area (Å²) in [6, 6.07) is 0. The maximum Gasteiger partial charge on any atom is 0.306 e. The number of hydrogen-bond donors (Lipinski definition) is 1. The third-order valence-electron chi connectivity index (χ3n) is 9.28. The molecule has 0 saturated heterocycles. The molecule has 4 aliphatic rings. The monoisotopic (exact) mass is 510 g/mol. The fourth-order valence-corrected chi connectivity index (χ4v) is 8.17. The first kappa shape index (κ1) is 23.8. The van der Waals surface area contributed by atoms with Gasteiger partial charge in [-0.2, -0.15) is 0 Å². The molecular weight excluding hydrogens is 479 g/mol. The zero-order chi connectivity index (χ0) is 23.7. The molecule has 0 radical (unpaired) electrons. The molecule has 8 atom stereocenters. The van der Waals surface area contributed by atoms with Crippen LogP contribution in [0.4, 0.5) is 4.39 Å². The lowest BCUT2D eigenvalue weighted by atomic mass is 9.44. The summed E-state index contributed by atoms with van der Waals surface area (Å²) >= 11 is 3.27. The van der Waals surface area contributed by atoms with E-state index in [1.54, 1.807) is 19.9 Å². The molecular formula is C25H32BrFO5. The minimum absolute atomic E-state index is 0.00932. The Morgan fingerprint density at radius 2 is 2.00 bits per heavy atom. The molecule has 4 rings (SSSR count). The molecule has 0 aliphatic heterocycles. The highest BCUT2D eigenvalue weighted by molar-refractivity contribution is 9.09. The number of Topliss-reactive ketones (excluding diaryl/α,β-unsaturated/α-hetero) is 1. The molecule has 176 valence electrons. The van der Waals surface area contributed by atoms with Gasteiger partial charge in [0.25, 0.3) is 0 Å². The summed E-state index contributed by atoms with van der Waals surface area (Å²) in [4.78, 5) is 37.8. The smallest absolute Gasteiger partial charge is 0.306 e. The molecule has 0 aromatic heterocycles. The molecule has 0 aromatic carbocycles. The molecule has 3 fully saturated rings. The van der Waals surface area contributed by atoms with Gasteiger partial charge in [0, 0.05) is 29.1 Å². The van der Waals surface area contributed by atoms with Crippen LogP contribution in [0.5, 0.6) is 0 Å². The topological polar surface area (TPSA) is 80.7 Å². The minimum Gasteiger partial charge on any atom is -0.450 e. The molecule has 0 bridgehead atoms. The van der Waals surface area contributed by atoms with E-state index in [1.165, 1.54) is 12.2 Å². The van der Waals surface area contributed by atoms with E-state index in [2.05, 4.69) is 15.9 Å². The number of rotatable bonds is 4. The normalized spacial score (nSPS) is 47.2. The molecule has 1 N–H and O–H groups in total. The van der Waals surface area contributed by atoms with E-state index < -0.39 is 40.1 Å². The number of fused-ring (bicyclic) bond motifs is 5. The summed E-state index contributed by atoms with van der Waals surface area (Å²) in [7, 11) is 0. The van der Waals surface area contributed by atoms with Crippen LogP contribution in [-0.2, 0) is 19.1 Å². The van der Waals surface area contributed by atoms with E-state index >= 15 is 4.39 Å². The molecule has 4 aliphatic carbocycles. The predicted molar refractivity (Wildman–Crippen MR) is 121 cm³/mol. The van der Waals surface area contributed by atoms with E-state index in [0.717, 1.165) is 5.57 Å². The van der Waals surface area contributed by atoms with Gasteiger partial charge < -0.3 is 9.84 Å².